The Bertz CT molecular complexity index is 213. The highest BCUT2D eigenvalue weighted by atomic mass is 16.8. The van der Waals surface area contributed by atoms with E-state index >= 15 is 0 Å². The van der Waals surface area contributed by atoms with E-state index in [0.717, 1.165) is 0 Å². The third-order valence-corrected chi connectivity index (χ3v) is 1.18. The lowest BCUT2D eigenvalue weighted by Gasteiger charge is -2.10. The largest absolute Gasteiger partial charge is 0.510 e. The van der Waals surface area contributed by atoms with Crippen LogP contribution in [0.25, 0.3) is 0 Å². The standard InChI is InChI=1S/C10H18O7/c1-7(2)16-9(11)14-5-13-6-15-10(12)17-8(3)4/h7-8H,5-6H2,1-4H3. The van der Waals surface area contributed by atoms with Crippen molar-refractivity contribution in [3.63, 3.8) is 0 Å². The number of hydrogen-bond donors (Lipinski definition) is 0. The quantitative estimate of drug-likeness (QED) is 0.405. The molecule has 0 fully saturated rings. The van der Waals surface area contributed by atoms with Crippen molar-refractivity contribution in [1.82, 2.24) is 0 Å². The van der Waals surface area contributed by atoms with Crippen molar-refractivity contribution in [2.24, 2.45) is 0 Å². The van der Waals surface area contributed by atoms with E-state index in [-0.39, 0.29) is 25.8 Å². The van der Waals surface area contributed by atoms with Gasteiger partial charge in [-0.3, -0.25) is 0 Å². The van der Waals surface area contributed by atoms with Gasteiger partial charge in [-0.2, -0.15) is 0 Å². The minimum atomic E-state index is -0.843. The lowest BCUT2D eigenvalue weighted by molar-refractivity contribution is -0.112. The Kier molecular flexibility index (Phi) is 7.87. The van der Waals surface area contributed by atoms with Gasteiger partial charge in [-0.1, -0.05) is 0 Å². The zero-order valence-corrected chi connectivity index (χ0v) is 10.4. The van der Waals surface area contributed by atoms with Crippen molar-refractivity contribution in [2.75, 3.05) is 13.6 Å². The molecule has 0 spiro atoms. The average Bonchev–Trinajstić information content (AvgIpc) is 2.14. The summed E-state index contributed by atoms with van der Waals surface area (Å²) in [6.07, 6.45) is -2.21. The predicted molar refractivity (Wildman–Crippen MR) is 56.2 cm³/mol. The fraction of sp³-hybridized carbons (Fsp3) is 0.800. The molecule has 0 rings (SSSR count). The maximum absolute atomic E-state index is 10.8. The first-order chi connectivity index (χ1) is 7.91. The molecule has 0 saturated carbocycles. The Morgan fingerprint density at radius 3 is 1.47 bits per heavy atom. The fourth-order valence-electron chi connectivity index (χ4n) is 0.667. The normalized spacial score (nSPS) is 10.2. The van der Waals surface area contributed by atoms with Gasteiger partial charge in [0.25, 0.3) is 0 Å². The summed E-state index contributed by atoms with van der Waals surface area (Å²) in [5, 5.41) is 0. The van der Waals surface area contributed by atoms with Gasteiger partial charge in [-0.05, 0) is 27.7 Å². The molecule has 0 bridgehead atoms. The molecule has 7 nitrogen and oxygen atoms in total. The highest BCUT2D eigenvalue weighted by molar-refractivity contribution is 5.60. The second-order valence-electron chi connectivity index (χ2n) is 3.56. The van der Waals surface area contributed by atoms with Crippen molar-refractivity contribution >= 4 is 12.3 Å². The van der Waals surface area contributed by atoms with Gasteiger partial charge in [-0.15, -0.1) is 0 Å². The lowest BCUT2D eigenvalue weighted by Crippen LogP contribution is -2.18. The van der Waals surface area contributed by atoms with E-state index in [9.17, 15) is 9.59 Å². The molecule has 0 amide bonds. The van der Waals surface area contributed by atoms with E-state index in [0.29, 0.717) is 0 Å². The Labute approximate surface area is 99.9 Å². The maximum atomic E-state index is 10.8. The summed E-state index contributed by atoms with van der Waals surface area (Å²) in [4.78, 5) is 21.7. The Hall–Kier alpha value is -1.50. The minimum absolute atomic E-state index is 0.264. The molecule has 100 valence electrons. The molecule has 0 unspecified atom stereocenters. The van der Waals surface area contributed by atoms with Gasteiger partial charge in [0.2, 0.25) is 0 Å². The zero-order valence-electron chi connectivity index (χ0n) is 10.4. The molecule has 7 heteroatoms. The van der Waals surface area contributed by atoms with Crippen LogP contribution in [0.2, 0.25) is 0 Å². The molecule has 0 aromatic heterocycles. The highest BCUT2D eigenvalue weighted by Gasteiger charge is 2.08. The summed E-state index contributed by atoms with van der Waals surface area (Å²) in [6, 6.07) is 0. The van der Waals surface area contributed by atoms with Crippen LogP contribution in [0.5, 0.6) is 0 Å². The number of carbonyl (C=O) groups is 2. The Morgan fingerprint density at radius 1 is 0.824 bits per heavy atom. The van der Waals surface area contributed by atoms with Crippen molar-refractivity contribution in [1.29, 1.82) is 0 Å². The third-order valence-electron chi connectivity index (χ3n) is 1.18. The summed E-state index contributed by atoms with van der Waals surface area (Å²) in [7, 11) is 0. The molecule has 0 aliphatic carbocycles. The first-order valence-electron chi connectivity index (χ1n) is 5.16. The lowest BCUT2D eigenvalue weighted by atomic mass is 10.5. The van der Waals surface area contributed by atoms with Gasteiger partial charge in [-0.25, -0.2) is 9.59 Å². The summed E-state index contributed by atoms with van der Waals surface area (Å²) < 4.78 is 23.0. The average molecular weight is 250 g/mol. The van der Waals surface area contributed by atoms with E-state index in [1.807, 2.05) is 0 Å². The second-order valence-corrected chi connectivity index (χ2v) is 3.56. The van der Waals surface area contributed by atoms with Crippen LogP contribution in [0.1, 0.15) is 27.7 Å². The molecule has 0 aromatic carbocycles. The van der Waals surface area contributed by atoms with Crippen LogP contribution in [-0.4, -0.2) is 38.1 Å². The fourth-order valence-corrected chi connectivity index (χ4v) is 0.667. The zero-order chi connectivity index (χ0) is 13.3. The molecule has 0 saturated heterocycles. The monoisotopic (exact) mass is 250 g/mol. The van der Waals surface area contributed by atoms with Gasteiger partial charge in [0.05, 0.1) is 12.2 Å². The molecule has 0 aliphatic rings. The van der Waals surface area contributed by atoms with E-state index in [1.54, 1.807) is 27.7 Å². The smallest absolute Gasteiger partial charge is 0.432 e. The van der Waals surface area contributed by atoms with Crippen molar-refractivity contribution in [3.05, 3.63) is 0 Å². The molecule has 0 heterocycles. The maximum Gasteiger partial charge on any atom is 0.510 e. The van der Waals surface area contributed by atoms with Crippen LogP contribution in [0.3, 0.4) is 0 Å². The first-order valence-corrected chi connectivity index (χ1v) is 5.16. The van der Waals surface area contributed by atoms with Gasteiger partial charge in [0, 0.05) is 0 Å². The Balaban J connectivity index is 3.40. The van der Waals surface area contributed by atoms with Crippen LogP contribution in [0, 0.1) is 0 Å². The molecule has 0 N–H and O–H groups in total. The van der Waals surface area contributed by atoms with Crippen LogP contribution in [0.15, 0.2) is 0 Å². The highest BCUT2D eigenvalue weighted by Crippen LogP contribution is 1.95. The van der Waals surface area contributed by atoms with E-state index in [1.165, 1.54) is 0 Å². The summed E-state index contributed by atoms with van der Waals surface area (Å²) >= 11 is 0. The van der Waals surface area contributed by atoms with Gasteiger partial charge < -0.3 is 23.7 Å². The third kappa shape index (κ3) is 10.8. The van der Waals surface area contributed by atoms with Crippen molar-refractivity contribution in [3.8, 4) is 0 Å². The molecule has 0 aliphatic heterocycles. The summed E-state index contributed by atoms with van der Waals surface area (Å²) in [5.74, 6) is 0. The molecule has 0 atom stereocenters. The van der Waals surface area contributed by atoms with Crippen LogP contribution >= 0.6 is 0 Å². The molecular formula is C10H18O7. The number of ether oxygens (including phenoxy) is 5. The minimum Gasteiger partial charge on any atom is -0.432 e. The van der Waals surface area contributed by atoms with Gasteiger partial charge >= 0.3 is 12.3 Å². The first kappa shape index (κ1) is 15.5. The SMILES string of the molecule is CC(C)OC(=O)OCOCOC(=O)OC(C)C. The second kappa shape index (κ2) is 8.63. The Morgan fingerprint density at radius 2 is 1.18 bits per heavy atom. The molecule has 0 radical (unpaired) electrons. The predicted octanol–water partition coefficient (Wildman–Crippen LogP) is 2.04. The number of carbonyl (C=O) groups excluding carboxylic acids is 2. The van der Waals surface area contributed by atoms with E-state index < -0.39 is 12.3 Å². The van der Waals surface area contributed by atoms with Gasteiger partial charge in [0.1, 0.15) is 0 Å². The van der Waals surface area contributed by atoms with Crippen molar-refractivity contribution in [2.45, 2.75) is 39.9 Å². The van der Waals surface area contributed by atoms with Crippen LogP contribution in [0.4, 0.5) is 9.59 Å². The van der Waals surface area contributed by atoms with Crippen molar-refractivity contribution < 1.29 is 33.3 Å². The number of rotatable bonds is 6. The molecular weight excluding hydrogens is 232 g/mol. The topological polar surface area (TPSA) is 80.3 Å². The van der Waals surface area contributed by atoms with E-state index in [4.69, 9.17) is 4.74 Å². The molecule has 0 aromatic rings. The number of hydrogen-bond acceptors (Lipinski definition) is 7. The van der Waals surface area contributed by atoms with Gasteiger partial charge in [0.15, 0.2) is 13.6 Å². The van der Waals surface area contributed by atoms with Crippen LogP contribution in [-0.2, 0) is 23.7 Å². The van der Waals surface area contributed by atoms with Crippen LogP contribution < -0.4 is 0 Å². The van der Waals surface area contributed by atoms with E-state index in [2.05, 4.69) is 18.9 Å². The summed E-state index contributed by atoms with van der Waals surface area (Å²) in [5.41, 5.74) is 0. The summed E-state index contributed by atoms with van der Waals surface area (Å²) in [6.45, 7) is 6.03. The molecule has 17 heavy (non-hydrogen) atoms.